The first-order chi connectivity index (χ1) is 12.1. The molecule has 0 aliphatic heterocycles. The van der Waals surface area contributed by atoms with Gasteiger partial charge in [-0.3, -0.25) is 14.3 Å². The molecule has 2 heterocycles. The van der Waals surface area contributed by atoms with E-state index in [9.17, 15) is 14.7 Å². The number of hydrogen-bond donors (Lipinski definition) is 2. The molecule has 0 radical (unpaired) electrons. The number of aromatic hydroxyl groups is 1. The highest BCUT2D eigenvalue weighted by Crippen LogP contribution is 2.39. The SMILES string of the molecule is CCN(c1ccccc1)c1c(-c2ccn(C)n2)[nH]c(=O)c(C=O)c1O. The summed E-state index contributed by atoms with van der Waals surface area (Å²) in [5.74, 6) is -0.356. The molecule has 0 aliphatic carbocycles. The summed E-state index contributed by atoms with van der Waals surface area (Å²) in [6.45, 7) is 2.43. The molecular formula is C18H18N4O3. The number of para-hydroxylation sites is 1. The van der Waals surface area contributed by atoms with Crippen LogP contribution >= 0.6 is 0 Å². The van der Waals surface area contributed by atoms with Crippen LogP contribution in [-0.2, 0) is 7.05 Å². The Morgan fingerprint density at radius 1 is 1.28 bits per heavy atom. The lowest BCUT2D eigenvalue weighted by Gasteiger charge is -2.26. The van der Waals surface area contributed by atoms with E-state index in [0.29, 0.717) is 29.9 Å². The molecule has 7 heteroatoms. The largest absolute Gasteiger partial charge is 0.505 e. The predicted molar refractivity (Wildman–Crippen MR) is 95.4 cm³/mol. The quantitative estimate of drug-likeness (QED) is 0.697. The van der Waals surface area contributed by atoms with Crippen molar-refractivity contribution >= 4 is 17.7 Å². The monoisotopic (exact) mass is 338 g/mol. The normalized spacial score (nSPS) is 10.6. The maximum Gasteiger partial charge on any atom is 0.262 e. The third-order valence-electron chi connectivity index (χ3n) is 3.94. The molecule has 0 saturated heterocycles. The van der Waals surface area contributed by atoms with E-state index in [2.05, 4.69) is 10.1 Å². The van der Waals surface area contributed by atoms with Gasteiger partial charge in [0.2, 0.25) is 0 Å². The number of hydrogen-bond acceptors (Lipinski definition) is 5. The molecule has 1 aromatic carbocycles. The number of nitrogens with zero attached hydrogens (tertiary/aromatic N) is 3. The lowest BCUT2D eigenvalue weighted by Crippen LogP contribution is -2.22. The van der Waals surface area contributed by atoms with Gasteiger partial charge >= 0.3 is 0 Å². The molecular weight excluding hydrogens is 320 g/mol. The zero-order valence-corrected chi connectivity index (χ0v) is 13.9. The number of aromatic amines is 1. The number of nitrogens with one attached hydrogen (secondary N) is 1. The second kappa shape index (κ2) is 6.64. The Kier molecular flexibility index (Phi) is 4.38. The Morgan fingerprint density at radius 3 is 2.56 bits per heavy atom. The highest BCUT2D eigenvalue weighted by Gasteiger charge is 2.24. The van der Waals surface area contributed by atoms with E-state index < -0.39 is 5.56 Å². The van der Waals surface area contributed by atoms with E-state index in [1.807, 2.05) is 42.2 Å². The van der Waals surface area contributed by atoms with Crippen LogP contribution in [0.3, 0.4) is 0 Å². The molecule has 0 fully saturated rings. The van der Waals surface area contributed by atoms with Crippen LogP contribution in [-0.4, -0.2) is 32.7 Å². The van der Waals surface area contributed by atoms with Gasteiger partial charge in [0, 0.05) is 25.5 Å². The van der Waals surface area contributed by atoms with Crippen LogP contribution in [0.1, 0.15) is 17.3 Å². The van der Waals surface area contributed by atoms with Crippen molar-refractivity contribution in [3.8, 4) is 17.1 Å². The first kappa shape index (κ1) is 16.5. The molecule has 0 bridgehead atoms. The lowest BCUT2D eigenvalue weighted by molar-refractivity contribution is 0.111. The van der Waals surface area contributed by atoms with Gasteiger partial charge in [0.15, 0.2) is 12.0 Å². The van der Waals surface area contributed by atoms with Gasteiger partial charge in [-0.25, -0.2) is 0 Å². The zero-order valence-electron chi connectivity index (χ0n) is 13.9. The third kappa shape index (κ3) is 2.91. The van der Waals surface area contributed by atoms with Gasteiger partial charge < -0.3 is 15.0 Å². The molecule has 128 valence electrons. The lowest BCUT2D eigenvalue weighted by atomic mass is 10.1. The molecule has 7 nitrogen and oxygen atoms in total. The van der Waals surface area contributed by atoms with Crippen molar-refractivity contribution in [2.75, 3.05) is 11.4 Å². The van der Waals surface area contributed by atoms with E-state index >= 15 is 0 Å². The van der Waals surface area contributed by atoms with Crippen LogP contribution in [0, 0.1) is 0 Å². The Morgan fingerprint density at radius 2 is 2.00 bits per heavy atom. The average Bonchev–Trinajstić information content (AvgIpc) is 3.05. The van der Waals surface area contributed by atoms with Crippen LogP contribution in [0.4, 0.5) is 11.4 Å². The summed E-state index contributed by atoms with van der Waals surface area (Å²) in [4.78, 5) is 28.0. The van der Waals surface area contributed by atoms with Gasteiger partial charge in [-0.2, -0.15) is 5.10 Å². The second-order valence-electron chi connectivity index (χ2n) is 5.51. The van der Waals surface area contributed by atoms with Gasteiger partial charge in [0.25, 0.3) is 5.56 Å². The van der Waals surface area contributed by atoms with Gasteiger partial charge in [-0.1, -0.05) is 18.2 Å². The summed E-state index contributed by atoms with van der Waals surface area (Å²) in [6, 6.07) is 11.1. The summed E-state index contributed by atoms with van der Waals surface area (Å²) in [5.41, 5.74) is 1.07. The molecule has 2 N–H and O–H groups in total. The Hall–Kier alpha value is -3.35. The fourth-order valence-electron chi connectivity index (χ4n) is 2.78. The summed E-state index contributed by atoms with van der Waals surface area (Å²) < 4.78 is 1.60. The van der Waals surface area contributed by atoms with Crippen LogP contribution in [0.2, 0.25) is 0 Å². The van der Waals surface area contributed by atoms with Crippen LogP contribution in [0.25, 0.3) is 11.4 Å². The minimum Gasteiger partial charge on any atom is -0.505 e. The fraction of sp³-hybridized carbons (Fsp3) is 0.167. The zero-order chi connectivity index (χ0) is 18.0. The minimum atomic E-state index is -0.652. The molecule has 0 spiro atoms. The van der Waals surface area contributed by atoms with Crippen molar-refractivity contribution in [2.45, 2.75) is 6.92 Å². The number of carbonyl (C=O) groups is 1. The van der Waals surface area contributed by atoms with E-state index in [1.165, 1.54) is 0 Å². The van der Waals surface area contributed by atoms with Crippen LogP contribution in [0.5, 0.6) is 5.75 Å². The molecule has 0 atom stereocenters. The van der Waals surface area contributed by atoms with Crippen LogP contribution < -0.4 is 10.5 Å². The number of carbonyl (C=O) groups excluding carboxylic acids is 1. The average molecular weight is 338 g/mol. The molecule has 25 heavy (non-hydrogen) atoms. The topological polar surface area (TPSA) is 91.2 Å². The van der Waals surface area contributed by atoms with E-state index in [1.54, 1.807) is 24.0 Å². The van der Waals surface area contributed by atoms with Gasteiger partial charge in [0.1, 0.15) is 16.9 Å². The molecule has 0 unspecified atom stereocenters. The standard InChI is InChI=1S/C18H18N4O3/c1-3-22(12-7-5-4-6-8-12)16-15(14-9-10-21(2)20-14)19-18(25)13(11-23)17(16)24/h4-11H,3H2,1-2H3,(H2,19,24,25). The number of aromatic nitrogens is 3. The van der Waals surface area contributed by atoms with Crippen molar-refractivity contribution < 1.29 is 9.90 Å². The van der Waals surface area contributed by atoms with Crippen molar-refractivity contribution in [1.29, 1.82) is 0 Å². The number of H-pyrrole nitrogens is 1. The predicted octanol–water partition coefficient (Wildman–Crippen LogP) is 2.45. The maximum atomic E-state index is 12.2. The molecule has 2 aromatic heterocycles. The molecule has 0 aliphatic rings. The van der Waals surface area contributed by atoms with Crippen molar-refractivity contribution in [3.63, 3.8) is 0 Å². The third-order valence-corrected chi connectivity index (χ3v) is 3.94. The van der Waals surface area contributed by atoms with Gasteiger partial charge in [0.05, 0.1) is 5.69 Å². The van der Waals surface area contributed by atoms with Crippen molar-refractivity contribution in [1.82, 2.24) is 14.8 Å². The Balaban J connectivity index is 2.32. The summed E-state index contributed by atoms with van der Waals surface area (Å²) in [5, 5.41) is 15.0. The Bertz CT molecular complexity index is 960. The van der Waals surface area contributed by atoms with Gasteiger partial charge in [-0.05, 0) is 25.1 Å². The first-order valence-electron chi connectivity index (χ1n) is 7.83. The summed E-state index contributed by atoms with van der Waals surface area (Å²) in [6.07, 6.45) is 2.10. The number of aryl methyl sites for hydroxylation is 1. The van der Waals surface area contributed by atoms with E-state index in [-0.39, 0.29) is 11.3 Å². The number of aldehydes is 1. The highest BCUT2D eigenvalue weighted by molar-refractivity contribution is 5.90. The summed E-state index contributed by atoms with van der Waals surface area (Å²) >= 11 is 0. The van der Waals surface area contributed by atoms with Crippen LogP contribution in [0.15, 0.2) is 47.4 Å². The minimum absolute atomic E-state index is 0.302. The molecule has 0 saturated carbocycles. The van der Waals surface area contributed by atoms with Gasteiger partial charge in [-0.15, -0.1) is 0 Å². The Labute approximate surface area is 144 Å². The maximum absolute atomic E-state index is 12.2. The molecule has 3 aromatic rings. The molecule has 0 amide bonds. The number of pyridine rings is 1. The fourth-order valence-corrected chi connectivity index (χ4v) is 2.78. The smallest absolute Gasteiger partial charge is 0.262 e. The van der Waals surface area contributed by atoms with Crippen molar-refractivity contribution in [2.24, 2.45) is 7.05 Å². The molecule has 3 rings (SSSR count). The first-order valence-corrected chi connectivity index (χ1v) is 7.83. The number of benzene rings is 1. The van der Waals surface area contributed by atoms with E-state index in [0.717, 1.165) is 5.69 Å². The number of rotatable bonds is 5. The highest BCUT2D eigenvalue weighted by atomic mass is 16.3. The van der Waals surface area contributed by atoms with Crippen molar-refractivity contribution in [3.05, 3.63) is 58.5 Å². The number of anilines is 2. The second-order valence-corrected chi connectivity index (χ2v) is 5.51. The van der Waals surface area contributed by atoms with E-state index in [4.69, 9.17) is 0 Å². The summed E-state index contributed by atoms with van der Waals surface area (Å²) in [7, 11) is 1.76.